The zero-order valence-corrected chi connectivity index (χ0v) is 19.5. The van der Waals surface area contributed by atoms with Crippen LogP contribution < -0.4 is 10.1 Å². The summed E-state index contributed by atoms with van der Waals surface area (Å²) in [6, 6.07) is 16.3. The van der Waals surface area contributed by atoms with E-state index in [4.69, 9.17) is 4.74 Å². The van der Waals surface area contributed by atoms with Crippen LogP contribution in [0.1, 0.15) is 44.1 Å². The van der Waals surface area contributed by atoms with Gasteiger partial charge in [0, 0.05) is 11.7 Å². The van der Waals surface area contributed by atoms with Crippen LogP contribution in [0.15, 0.2) is 53.7 Å². The Morgan fingerprint density at radius 2 is 1.78 bits per heavy atom. The fourth-order valence-electron chi connectivity index (χ4n) is 4.12. The molecule has 0 bridgehead atoms. The topological polar surface area (TPSA) is 69.0 Å². The van der Waals surface area contributed by atoms with Gasteiger partial charge >= 0.3 is 0 Å². The number of aromatic nitrogens is 3. The summed E-state index contributed by atoms with van der Waals surface area (Å²) < 4.78 is 7.56. The van der Waals surface area contributed by atoms with E-state index in [1.54, 1.807) is 7.11 Å². The summed E-state index contributed by atoms with van der Waals surface area (Å²) in [7, 11) is 1.65. The minimum atomic E-state index is 0.0548. The van der Waals surface area contributed by atoms with Crippen molar-refractivity contribution in [2.24, 2.45) is 0 Å². The molecule has 1 heterocycles. The molecule has 168 valence electrons. The Morgan fingerprint density at radius 3 is 2.50 bits per heavy atom. The predicted octanol–water partition coefficient (Wildman–Crippen LogP) is 5.18. The summed E-state index contributed by atoms with van der Waals surface area (Å²) in [5.74, 6) is 1.79. The average Bonchev–Trinajstić information content (AvgIpc) is 3.06. The Labute approximate surface area is 193 Å². The van der Waals surface area contributed by atoms with Crippen LogP contribution in [-0.2, 0) is 4.79 Å². The molecule has 1 aromatic heterocycles. The van der Waals surface area contributed by atoms with Crippen molar-refractivity contribution in [3.63, 3.8) is 0 Å². The van der Waals surface area contributed by atoms with Gasteiger partial charge in [-0.1, -0.05) is 67.3 Å². The number of nitrogens with one attached hydrogen (secondary N) is 1. The third-order valence-corrected chi connectivity index (χ3v) is 6.76. The lowest BCUT2D eigenvalue weighted by Gasteiger charge is -2.16. The van der Waals surface area contributed by atoms with Gasteiger partial charge in [-0.3, -0.25) is 9.36 Å². The molecule has 1 saturated carbocycles. The number of nitrogens with zero attached hydrogens (tertiary/aromatic N) is 3. The Hall–Kier alpha value is -2.80. The van der Waals surface area contributed by atoms with Crippen molar-refractivity contribution >= 4 is 17.7 Å². The summed E-state index contributed by atoms with van der Waals surface area (Å²) in [6.07, 6.45) is 7.09. The van der Waals surface area contributed by atoms with E-state index in [2.05, 4.69) is 34.6 Å². The minimum Gasteiger partial charge on any atom is -0.496 e. The van der Waals surface area contributed by atoms with Crippen molar-refractivity contribution in [1.82, 2.24) is 20.1 Å². The maximum absolute atomic E-state index is 12.7. The Morgan fingerprint density at radius 1 is 1.06 bits per heavy atom. The van der Waals surface area contributed by atoms with Crippen LogP contribution in [0.25, 0.3) is 17.1 Å². The monoisotopic (exact) mass is 450 g/mol. The number of hydrogen-bond donors (Lipinski definition) is 1. The number of para-hydroxylation sites is 1. The Kier molecular flexibility index (Phi) is 7.47. The molecule has 0 saturated heterocycles. The molecule has 1 fully saturated rings. The van der Waals surface area contributed by atoms with Crippen LogP contribution in [0.2, 0.25) is 0 Å². The highest BCUT2D eigenvalue weighted by Crippen LogP contribution is 2.33. The molecule has 0 atom stereocenters. The van der Waals surface area contributed by atoms with Gasteiger partial charge in [0.2, 0.25) is 5.91 Å². The van der Waals surface area contributed by atoms with Gasteiger partial charge in [-0.05, 0) is 44.0 Å². The van der Waals surface area contributed by atoms with Crippen molar-refractivity contribution in [3.05, 3.63) is 54.1 Å². The summed E-state index contributed by atoms with van der Waals surface area (Å²) >= 11 is 1.41. The van der Waals surface area contributed by atoms with E-state index in [-0.39, 0.29) is 5.91 Å². The largest absolute Gasteiger partial charge is 0.496 e. The molecule has 0 aliphatic heterocycles. The molecule has 1 aliphatic carbocycles. The smallest absolute Gasteiger partial charge is 0.230 e. The van der Waals surface area contributed by atoms with Crippen molar-refractivity contribution in [3.8, 4) is 22.8 Å². The lowest BCUT2D eigenvalue weighted by atomic mass is 10.1. The molecule has 4 rings (SSSR count). The lowest BCUT2D eigenvalue weighted by molar-refractivity contribution is -0.119. The quantitative estimate of drug-likeness (QED) is 0.397. The standard InChI is InChI=1S/C25H30N4O2S/c1-18-13-15-20(16-14-18)29-24(21-11-7-8-12-22(21)31-2)27-28-25(29)32-17-23(30)26-19-9-5-3-4-6-10-19/h7-8,11-16,19H,3-6,9-10,17H2,1-2H3,(H,26,30). The number of carbonyl (C=O) groups excluding carboxylic acids is 1. The van der Waals surface area contributed by atoms with E-state index >= 15 is 0 Å². The van der Waals surface area contributed by atoms with Crippen LogP contribution in [0, 0.1) is 6.92 Å². The first-order valence-electron chi connectivity index (χ1n) is 11.2. The fraction of sp³-hybridized carbons (Fsp3) is 0.400. The summed E-state index contributed by atoms with van der Waals surface area (Å²) in [6.45, 7) is 2.06. The molecule has 0 spiro atoms. The number of thioether (sulfide) groups is 1. The van der Waals surface area contributed by atoms with E-state index in [1.165, 1.54) is 43.0 Å². The second-order valence-corrected chi connectivity index (χ2v) is 9.16. The number of carbonyl (C=O) groups is 1. The van der Waals surface area contributed by atoms with Crippen molar-refractivity contribution < 1.29 is 9.53 Å². The Balaban J connectivity index is 1.58. The maximum Gasteiger partial charge on any atom is 0.230 e. The van der Waals surface area contributed by atoms with Gasteiger partial charge in [0.15, 0.2) is 11.0 Å². The van der Waals surface area contributed by atoms with Gasteiger partial charge in [0.1, 0.15) is 5.75 Å². The number of hydrogen-bond acceptors (Lipinski definition) is 5. The van der Waals surface area contributed by atoms with Crippen molar-refractivity contribution in [2.75, 3.05) is 12.9 Å². The zero-order valence-electron chi connectivity index (χ0n) is 18.7. The summed E-state index contributed by atoms with van der Waals surface area (Å²) in [5, 5.41) is 12.8. The van der Waals surface area contributed by atoms with Gasteiger partial charge < -0.3 is 10.1 Å². The zero-order chi connectivity index (χ0) is 22.3. The summed E-state index contributed by atoms with van der Waals surface area (Å²) in [4.78, 5) is 12.7. The first-order valence-corrected chi connectivity index (χ1v) is 12.2. The van der Waals surface area contributed by atoms with Crippen LogP contribution in [0.5, 0.6) is 5.75 Å². The molecule has 6 nitrogen and oxygen atoms in total. The highest BCUT2D eigenvalue weighted by Gasteiger charge is 2.21. The SMILES string of the molecule is COc1ccccc1-c1nnc(SCC(=O)NC2CCCCCC2)n1-c1ccc(C)cc1. The van der Waals surface area contributed by atoms with Crippen molar-refractivity contribution in [1.29, 1.82) is 0 Å². The molecule has 0 unspecified atom stereocenters. The number of benzene rings is 2. The number of ether oxygens (including phenoxy) is 1. The number of amides is 1. The predicted molar refractivity (Wildman–Crippen MR) is 128 cm³/mol. The molecule has 2 aromatic carbocycles. The molecule has 1 N–H and O–H groups in total. The molecule has 7 heteroatoms. The second-order valence-electron chi connectivity index (χ2n) is 8.22. The van der Waals surface area contributed by atoms with Crippen LogP contribution in [-0.4, -0.2) is 39.6 Å². The minimum absolute atomic E-state index is 0.0548. The molecule has 3 aromatic rings. The van der Waals surface area contributed by atoms with Gasteiger partial charge in [-0.15, -0.1) is 10.2 Å². The first kappa shape index (κ1) is 22.4. The van der Waals surface area contributed by atoms with Gasteiger partial charge in [0.25, 0.3) is 0 Å². The second kappa shape index (κ2) is 10.7. The molecule has 32 heavy (non-hydrogen) atoms. The third-order valence-electron chi connectivity index (χ3n) is 5.83. The van der Waals surface area contributed by atoms with E-state index < -0.39 is 0 Å². The lowest BCUT2D eigenvalue weighted by Crippen LogP contribution is -2.35. The highest BCUT2D eigenvalue weighted by atomic mass is 32.2. The maximum atomic E-state index is 12.7. The average molecular weight is 451 g/mol. The molecule has 0 radical (unpaired) electrons. The number of rotatable bonds is 7. The van der Waals surface area contributed by atoms with Gasteiger partial charge in [-0.25, -0.2) is 0 Å². The molecular weight excluding hydrogens is 420 g/mol. The first-order chi connectivity index (χ1) is 15.7. The van der Waals surface area contributed by atoms with Gasteiger partial charge in [0.05, 0.1) is 18.4 Å². The Bertz CT molecular complexity index is 1040. The molecular formula is C25H30N4O2S. The van der Waals surface area contributed by atoms with Crippen LogP contribution in [0.4, 0.5) is 0 Å². The third kappa shape index (κ3) is 5.33. The molecule has 1 aliphatic rings. The normalized spacial score (nSPS) is 14.7. The van der Waals surface area contributed by atoms with Crippen LogP contribution >= 0.6 is 11.8 Å². The fourth-order valence-corrected chi connectivity index (χ4v) is 4.88. The summed E-state index contributed by atoms with van der Waals surface area (Å²) in [5.41, 5.74) is 2.99. The van der Waals surface area contributed by atoms with Crippen LogP contribution in [0.3, 0.4) is 0 Å². The van der Waals surface area contributed by atoms with E-state index in [0.717, 1.165) is 29.8 Å². The van der Waals surface area contributed by atoms with E-state index in [9.17, 15) is 4.79 Å². The van der Waals surface area contributed by atoms with E-state index in [0.29, 0.717) is 22.8 Å². The number of methoxy groups -OCH3 is 1. The molecule has 1 amide bonds. The van der Waals surface area contributed by atoms with Crippen molar-refractivity contribution in [2.45, 2.75) is 56.6 Å². The van der Waals surface area contributed by atoms with E-state index in [1.807, 2.05) is 41.0 Å². The van der Waals surface area contributed by atoms with Gasteiger partial charge in [-0.2, -0.15) is 0 Å². The highest BCUT2D eigenvalue weighted by molar-refractivity contribution is 7.99. The number of aryl methyl sites for hydroxylation is 1.